The molecule has 0 aromatic carbocycles. The molecule has 0 aliphatic carbocycles. The summed E-state index contributed by atoms with van der Waals surface area (Å²) in [6.07, 6.45) is 5.95. The first-order valence-electron chi connectivity index (χ1n) is 5.99. The fraction of sp³-hybridized carbons (Fsp3) is 1.00. The molecule has 2 atom stereocenters. The smallest absolute Gasteiger partial charge is 0.0667 e. The van der Waals surface area contributed by atoms with E-state index < -0.39 is 0 Å². The first kappa shape index (κ1) is 10.4. The molecule has 0 spiro atoms. The van der Waals surface area contributed by atoms with Gasteiger partial charge in [0.05, 0.1) is 6.10 Å². The Bertz CT molecular complexity index is 167. The van der Waals surface area contributed by atoms with Crippen molar-refractivity contribution in [2.45, 2.75) is 44.2 Å². The highest BCUT2D eigenvalue weighted by molar-refractivity contribution is 4.81. The number of nitrogens with one attached hydrogen (secondary N) is 1. The summed E-state index contributed by atoms with van der Waals surface area (Å²) in [4.78, 5) is 2.50. The van der Waals surface area contributed by atoms with Crippen LogP contribution in [0.4, 0.5) is 0 Å². The number of aliphatic hydroxyl groups excluding tert-OH is 1. The van der Waals surface area contributed by atoms with Crippen molar-refractivity contribution < 1.29 is 5.11 Å². The number of aliphatic hydroxyl groups is 1. The second-order valence-corrected chi connectivity index (χ2v) is 4.63. The van der Waals surface area contributed by atoms with Gasteiger partial charge in [-0.1, -0.05) is 0 Å². The third-order valence-electron chi connectivity index (χ3n) is 3.49. The Kier molecular flexibility index (Phi) is 3.79. The fourth-order valence-corrected chi connectivity index (χ4v) is 2.68. The lowest BCUT2D eigenvalue weighted by Crippen LogP contribution is -2.44. The van der Waals surface area contributed by atoms with Crippen LogP contribution in [0, 0.1) is 0 Å². The molecule has 2 aliphatic heterocycles. The Hall–Kier alpha value is -0.120. The first-order chi connectivity index (χ1) is 6.86. The van der Waals surface area contributed by atoms with Gasteiger partial charge in [0.1, 0.15) is 0 Å². The zero-order valence-electron chi connectivity index (χ0n) is 8.91. The molecule has 0 aromatic rings. The van der Waals surface area contributed by atoms with E-state index in [1.165, 1.54) is 38.8 Å². The van der Waals surface area contributed by atoms with Crippen molar-refractivity contribution in [1.82, 2.24) is 10.2 Å². The Labute approximate surface area is 86.5 Å². The molecule has 2 heterocycles. The van der Waals surface area contributed by atoms with Gasteiger partial charge in [0.2, 0.25) is 0 Å². The van der Waals surface area contributed by atoms with Crippen molar-refractivity contribution in [2.24, 2.45) is 0 Å². The van der Waals surface area contributed by atoms with Gasteiger partial charge < -0.3 is 10.4 Å². The molecule has 2 fully saturated rings. The first-order valence-corrected chi connectivity index (χ1v) is 5.99. The van der Waals surface area contributed by atoms with Gasteiger partial charge in [-0.2, -0.15) is 0 Å². The van der Waals surface area contributed by atoms with Crippen LogP contribution >= 0.6 is 0 Å². The molecule has 0 amide bonds. The van der Waals surface area contributed by atoms with Gasteiger partial charge in [-0.05, 0) is 51.7 Å². The monoisotopic (exact) mass is 198 g/mol. The number of likely N-dealkylation sites (tertiary alicyclic amines) is 1. The van der Waals surface area contributed by atoms with Crippen LogP contribution in [0.15, 0.2) is 0 Å². The van der Waals surface area contributed by atoms with Crippen LogP contribution in [0.25, 0.3) is 0 Å². The predicted molar refractivity (Wildman–Crippen MR) is 57.3 cm³/mol. The number of hydrogen-bond donors (Lipinski definition) is 2. The van der Waals surface area contributed by atoms with E-state index in [2.05, 4.69) is 10.2 Å². The average molecular weight is 198 g/mol. The lowest BCUT2D eigenvalue weighted by Gasteiger charge is -2.36. The Morgan fingerprint density at radius 2 is 2.00 bits per heavy atom. The van der Waals surface area contributed by atoms with E-state index in [0.717, 1.165) is 25.6 Å². The fourth-order valence-electron chi connectivity index (χ4n) is 2.68. The lowest BCUT2D eigenvalue weighted by atomic mass is 10.0. The highest BCUT2D eigenvalue weighted by Crippen LogP contribution is 2.18. The Morgan fingerprint density at radius 1 is 1.07 bits per heavy atom. The Morgan fingerprint density at radius 3 is 2.86 bits per heavy atom. The van der Waals surface area contributed by atoms with Gasteiger partial charge in [0, 0.05) is 12.6 Å². The number of β-amino-alcohol motifs (C(OH)–C–C–N with tert-alkyl or cyclic N) is 1. The van der Waals surface area contributed by atoms with Crippen molar-refractivity contribution in [2.75, 3.05) is 26.2 Å². The topological polar surface area (TPSA) is 35.5 Å². The molecule has 2 N–H and O–H groups in total. The van der Waals surface area contributed by atoms with E-state index in [-0.39, 0.29) is 6.10 Å². The summed E-state index contributed by atoms with van der Waals surface area (Å²) in [5.41, 5.74) is 0. The standard InChI is InChI=1S/C11H22N2O/c14-11-4-2-8-13(9-11)10-3-1-6-12-7-5-10/h10-12,14H,1-9H2. The molecule has 14 heavy (non-hydrogen) atoms. The summed E-state index contributed by atoms with van der Waals surface area (Å²) in [5, 5.41) is 13.1. The second-order valence-electron chi connectivity index (χ2n) is 4.63. The molecular formula is C11H22N2O. The predicted octanol–water partition coefficient (Wildman–Crippen LogP) is 0.585. The summed E-state index contributed by atoms with van der Waals surface area (Å²) in [7, 11) is 0. The third kappa shape index (κ3) is 2.69. The zero-order chi connectivity index (χ0) is 9.80. The van der Waals surface area contributed by atoms with Crippen molar-refractivity contribution >= 4 is 0 Å². The van der Waals surface area contributed by atoms with E-state index in [1.807, 2.05) is 0 Å². The van der Waals surface area contributed by atoms with Crippen molar-refractivity contribution in [3.8, 4) is 0 Å². The minimum absolute atomic E-state index is 0.0695. The van der Waals surface area contributed by atoms with Crippen molar-refractivity contribution in [1.29, 1.82) is 0 Å². The van der Waals surface area contributed by atoms with E-state index in [9.17, 15) is 5.11 Å². The molecule has 0 aromatic heterocycles. The summed E-state index contributed by atoms with van der Waals surface area (Å²) < 4.78 is 0. The molecule has 2 unspecified atom stereocenters. The minimum atomic E-state index is -0.0695. The van der Waals surface area contributed by atoms with Gasteiger partial charge in [0.25, 0.3) is 0 Å². The van der Waals surface area contributed by atoms with Crippen molar-refractivity contribution in [3.63, 3.8) is 0 Å². The molecular weight excluding hydrogens is 176 g/mol. The minimum Gasteiger partial charge on any atom is -0.392 e. The maximum atomic E-state index is 9.62. The molecule has 2 rings (SSSR count). The molecule has 3 heteroatoms. The van der Waals surface area contributed by atoms with Crippen LogP contribution in [0.5, 0.6) is 0 Å². The maximum Gasteiger partial charge on any atom is 0.0667 e. The van der Waals surface area contributed by atoms with E-state index in [4.69, 9.17) is 0 Å². The molecule has 2 aliphatic rings. The SMILES string of the molecule is OC1CCCN(C2CCCNCC2)C1. The number of rotatable bonds is 1. The van der Waals surface area contributed by atoms with Crippen LogP contribution in [0.1, 0.15) is 32.1 Å². The summed E-state index contributed by atoms with van der Waals surface area (Å²) in [6.45, 7) is 4.43. The zero-order valence-corrected chi connectivity index (χ0v) is 8.91. The second kappa shape index (κ2) is 5.10. The number of piperidine rings is 1. The van der Waals surface area contributed by atoms with Gasteiger partial charge in [0.15, 0.2) is 0 Å². The normalized spacial score (nSPS) is 36.6. The third-order valence-corrected chi connectivity index (χ3v) is 3.49. The molecule has 0 saturated carbocycles. The van der Waals surface area contributed by atoms with Crippen LogP contribution in [0.2, 0.25) is 0 Å². The average Bonchev–Trinajstić information content (AvgIpc) is 2.45. The Balaban J connectivity index is 1.85. The van der Waals surface area contributed by atoms with E-state index >= 15 is 0 Å². The van der Waals surface area contributed by atoms with Crippen LogP contribution < -0.4 is 5.32 Å². The van der Waals surface area contributed by atoms with Gasteiger partial charge in [-0.15, -0.1) is 0 Å². The number of hydrogen-bond acceptors (Lipinski definition) is 3. The maximum absolute atomic E-state index is 9.62. The highest BCUT2D eigenvalue weighted by atomic mass is 16.3. The summed E-state index contributed by atoms with van der Waals surface area (Å²) >= 11 is 0. The van der Waals surface area contributed by atoms with Crippen LogP contribution in [-0.2, 0) is 0 Å². The number of nitrogens with zero attached hydrogens (tertiary/aromatic N) is 1. The molecule has 82 valence electrons. The van der Waals surface area contributed by atoms with Gasteiger partial charge >= 0.3 is 0 Å². The molecule has 0 bridgehead atoms. The molecule has 0 radical (unpaired) electrons. The lowest BCUT2D eigenvalue weighted by molar-refractivity contribution is 0.0431. The van der Waals surface area contributed by atoms with E-state index in [0.29, 0.717) is 0 Å². The highest BCUT2D eigenvalue weighted by Gasteiger charge is 2.24. The van der Waals surface area contributed by atoms with Crippen molar-refractivity contribution in [3.05, 3.63) is 0 Å². The quantitative estimate of drug-likeness (QED) is 0.647. The largest absolute Gasteiger partial charge is 0.392 e. The summed E-state index contributed by atoms with van der Waals surface area (Å²) in [5.74, 6) is 0. The molecule has 2 saturated heterocycles. The molecule has 3 nitrogen and oxygen atoms in total. The van der Waals surface area contributed by atoms with E-state index in [1.54, 1.807) is 0 Å². The summed E-state index contributed by atoms with van der Waals surface area (Å²) in [6, 6.07) is 0.722. The van der Waals surface area contributed by atoms with Gasteiger partial charge in [-0.25, -0.2) is 0 Å². The van der Waals surface area contributed by atoms with Crippen LogP contribution in [-0.4, -0.2) is 48.3 Å². The van der Waals surface area contributed by atoms with Crippen LogP contribution in [0.3, 0.4) is 0 Å². The van der Waals surface area contributed by atoms with Gasteiger partial charge in [-0.3, -0.25) is 4.90 Å².